The summed E-state index contributed by atoms with van der Waals surface area (Å²) in [7, 11) is 0. The van der Waals surface area contributed by atoms with E-state index in [2.05, 4.69) is 63.1 Å². The average Bonchev–Trinajstić information content (AvgIpc) is 2.81. The van der Waals surface area contributed by atoms with Gasteiger partial charge in [0.15, 0.2) is 5.96 Å². The summed E-state index contributed by atoms with van der Waals surface area (Å²) in [5.41, 5.74) is 9.61. The Kier molecular flexibility index (Phi) is 3.49. The number of aryl methyl sites for hydroxylation is 1. The number of anilines is 1. The van der Waals surface area contributed by atoms with Crippen LogP contribution in [0.25, 0.3) is 0 Å². The van der Waals surface area contributed by atoms with Crippen molar-refractivity contribution in [3.8, 4) is 0 Å². The van der Waals surface area contributed by atoms with Crippen molar-refractivity contribution in [2.45, 2.75) is 13.0 Å². The Labute approximate surface area is 127 Å². The molecule has 20 heavy (non-hydrogen) atoms. The normalized spacial score (nSPS) is 18.2. The molecule has 1 unspecified atom stereocenters. The molecule has 4 heteroatoms. The molecule has 2 N–H and O–H groups in total. The van der Waals surface area contributed by atoms with E-state index < -0.39 is 0 Å². The molecular weight excluding hydrogens is 314 g/mol. The van der Waals surface area contributed by atoms with Crippen molar-refractivity contribution < 1.29 is 0 Å². The average molecular weight is 330 g/mol. The van der Waals surface area contributed by atoms with Crippen LogP contribution in [-0.2, 0) is 0 Å². The minimum absolute atomic E-state index is 0.146. The predicted molar refractivity (Wildman–Crippen MR) is 87.0 cm³/mol. The Morgan fingerprint density at radius 1 is 1.20 bits per heavy atom. The van der Waals surface area contributed by atoms with Gasteiger partial charge in [0.1, 0.15) is 0 Å². The Bertz CT molecular complexity index is 666. The zero-order chi connectivity index (χ0) is 14.1. The molecule has 1 aliphatic rings. The lowest BCUT2D eigenvalue weighted by Gasteiger charge is -2.27. The highest BCUT2D eigenvalue weighted by molar-refractivity contribution is 9.10. The van der Waals surface area contributed by atoms with Crippen LogP contribution in [0, 0.1) is 6.92 Å². The largest absolute Gasteiger partial charge is 0.369 e. The minimum atomic E-state index is 0.146. The molecule has 0 saturated heterocycles. The van der Waals surface area contributed by atoms with Crippen LogP contribution < -0.4 is 10.6 Å². The summed E-state index contributed by atoms with van der Waals surface area (Å²) in [6.45, 7) is 2.77. The van der Waals surface area contributed by atoms with Gasteiger partial charge in [0, 0.05) is 10.2 Å². The maximum absolute atomic E-state index is 6.10. The first-order valence-electron chi connectivity index (χ1n) is 6.57. The van der Waals surface area contributed by atoms with Crippen LogP contribution in [0.3, 0.4) is 0 Å². The van der Waals surface area contributed by atoms with Crippen LogP contribution in [0.5, 0.6) is 0 Å². The van der Waals surface area contributed by atoms with Crippen LogP contribution in [0.2, 0.25) is 0 Å². The van der Waals surface area contributed by atoms with E-state index in [9.17, 15) is 0 Å². The third-order valence-corrected chi connectivity index (χ3v) is 4.25. The third kappa shape index (κ3) is 2.31. The van der Waals surface area contributed by atoms with E-state index in [0.717, 1.165) is 10.2 Å². The van der Waals surface area contributed by atoms with Crippen molar-refractivity contribution in [3.05, 3.63) is 64.1 Å². The van der Waals surface area contributed by atoms with E-state index in [1.165, 1.54) is 11.1 Å². The molecule has 2 aromatic rings. The van der Waals surface area contributed by atoms with Crippen molar-refractivity contribution in [3.63, 3.8) is 0 Å². The second-order valence-corrected chi connectivity index (χ2v) is 5.80. The topological polar surface area (TPSA) is 41.6 Å². The van der Waals surface area contributed by atoms with E-state index in [4.69, 9.17) is 5.73 Å². The maximum Gasteiger partial charge on any atom is 0.196 e. The number of aliphatic imine (C=N–C) groups is 1. The van der Waals surface area contributed by atoms with E-state index in [-0.39, 0.29) is 6.04 Å². The molecule has 1 atom stereocenters. The van der Waals surface area contributed by atoms with Crippen molar-refractivity contribution in [2.75, 3.05) is 11.4 Å². The number of guanidine groups is 1. The number of nitrogens with two attached hydrogens (primary N) is 1. The number of benzene rings is 2. The number of nitrogens with zero attached hydrogens (tertiary/aromatic N) is 2. The molecule has 3 rings (SSSR count). The zero-order valence-electron chi connectivity index (χ0n) is 11.3. The summed E-state index contributed by atoms with van der Waals surface area (Å²) in [6.07, 6.45) is 0. The Morgan fingerprint density at radius 3 is 2.75 bits per heavy atom. The van der Waals surface area contributed by atoms with Crippen molar-refractivity contribution in [2.24, 2.45) is 10.7 Å². The van der Waals surface area contributed by atoms with Crippen molar-refractivity contribution in [1.29, 1.82) is 0 Å². The van der Waals surface area contributed by atoms with Gasteiger partial charge >= 0.3 is 0 Å². The van der Waals surface area contributed by atoms with Gasteiger partial charge in [-0.2, -0.15) is 0 Å². The molecule has 1 aliphatic heterocycles. The van der Waals surface area contributed by atoms with E-state index in [0.29, 0.717) is 12.5 Å². The Balaban J connectivity index is 2.03. The first kappa shape index (κ1) is 13.2. The summed E-state index contributed by atoms with van der Waals surface area (Å²) in [5, 5.41) is 0. The van der Waals surface area contributed by atoms with Crippen LogP contribution in [-0.4, -0.2) is 12.5 Å². The van der Waals surface area contributed by atoms with Crippen LogP contribution in [0.15, 0.2) is 58.0 Å². The lowest BCUT2D eigenvalue weighted by atomic mass is 10.1. The van der Waals surface area contributed by atoms with E-state index >= 15 is 0 Å². The summed E-state index contributed by atoms with van der Waals surface area (Å²) in [4.78, 5) is 6.53. The molecule has 0 aliphatic carbocycles. The summed E-state index contributed by atoms with van der Waals surface area (Å²) < 4.78 is 1.09. The number of hydrogen-bond donors (Lipinski definition) is 1. The SMILES string of the molecule is Cc1cccc(N2C(N)=NCC2c2ccccc2Br)c1. The quantitative estimate of drug-likeness (QED) is 0.913. The first-order valence-corrected chi connectivity index (χ1v) is 7.36. The maximum atomic E-state index is 6.10. The number of hydrogen-bond acceptors (Lipinski definition) is 3. The highest BCUT2D eigenvalue weighted by Crippen LogP contribution is 2.34. The monoisotopic (exact) mass is 329 g/mol. The fourth-order valence-corrected chi connectivity index (χ4v) is 3.12. The molecule has 0 bridgehead atoms. The number of rotatable bonds is 2. The van der Waals surface area contributed by atoms with Gasteiger partial charge in [-0.1, -0.05) is 46.3 Å². The second-order valence-electron chi connectivity index (χ2n) is 4.95. The first-order chi connectivity index (χ1) is 9.66. The molecule has 0 radical (unpaired) electrons. The van der Waals surface area contributed by atoms with E-state index in [1.54, 1.807) is 0 Å². The summed E-state index contributed by atoms with van der Waals surface area (Å²) in [5.74, 6) is 0.580. The van der Waals surface area contributed by atoms with Gasteiger partial charge in [0.05, 0.1) is 12.6 Å². The summed E-state index contributed by atoms with van der Waals surface area (Å²) in [6, 6.07) is 16.7. The highest BCUT2D eigenvalue weighted by Gasteiger charge is 2.29. The molecule has 0 spiro atoms. The van der Waals surface area contributed by atoms with Gasteiger partial charge in [-0.15, -0.1) is 0 Å². The zero-order valence-corrected chi connectivity index (χ0v) is 12.8. The van der Waals surface area contributed by atoms with Crippen molar-refractivity contribution in [1.82, 2.24) is 0 Å². The van der Waals surface area contributed by atoms with Gasteiger partial charge < -0.3 is 10.6 Å². The fraction of sp³-hybridized carbons (Fsp3) is 0.188. The van der Waals surface area contributed by atoms with Crippen LogP contribution in [0.1, 0.15) is 17.2 Å². The smallest absolute Gasteiger partial charge is 0.196 e. The van der Waals surface area contributed by atoms with Crippen molar-refractivity contribution >= 4 is 27.6 Å². The standard InChI is InChI=1S/C16H16BrN3/c1-11-5-4-6-12(9-11)20-15(10-19-16(20)18)13-7-2-3-8-14(13)17/h2-9,15H,10H2,1H3,(H2,18,19). The molecule has 1 heterocycles. The fourth-order valence-electron chi connectivity index (χ4n) is 2.57. The van der Waals surface area contributed by atoms with Gasteiger partial charge in [-0.05, 0) is 36.2 Å². The molecule has 0 aromatic heterocycles. The Hall–Kier alpha value is -1.81. The van der Waals surface area contributed by atoms with Gasteiger partial charge in [-0.3, -0.25) is 4.99 Å². The number of halogens is 1. The summed E-state index contributed by atoms with van der Waals surface area (Å²) >= 11 is 3.62. The second kappa shape index (κ2) is 5.29. The minimum Gasteiger partial charge on any atom is -0.369 e. The third-order valence-electron chi connectivity index (χ3n) is 3.53. The Morgan fingerprint density at radius 2 is 2.00 bits per heavy atom. The molecule has 0 fully saturated rings. The van der Waals surface area contributed by atoms with Gasteiger partial charge in [0.2, 0.25) is 0 Å². The van der Waals surface area contributed by atoms with Gasteiger partial charge in [-0.25, -0.2) is 0 Å². The molecule has 2 aromatic carbocycles. The van der Waals surface area contributed by atoms with E-state index in [1.807, 2.05) is 18.2 Å². The lowest BCUT2D eigenvalue weighted by Crippen LogP contribution is -2.36. The molecule has 102 valence electrons. The molecule has 3 nitrogen and oxygen atoms in total. The van der Waals surface area contributed by atoms with Gasteiger partial charge in [0.25, 0.3) is 0 Å². The molecular formula is C16H16BrN3. The lowest BCUT2D eigenvalue weighted by molar-refractivity contribution is 0.764. The predicted octanol–water partition coefficient (Wildman–Crippen LogP) is 3.63. The molecule has 0 saturated carbocycles. The van der Waals surface area contributed by atoms with Crippen LogP contribution >= 0.6 is 15.9 Å². The van der Waals surface area contributed by atoms with Crippen LogP contribution in [0.4, 0.5) is 5.69 Å². The highest BCUT2D eigenvalue weighted by atomic mass is 79.9. The molecule has 0 amide bonds.